The Labute approximate surface area is 155 Å². The normalized spacial score (nSPS) is 9.70. The molecule has 3 rings (SSSR count). The molecule has 0 unspecified atom stereocenters. The minimum absolute atomic E-state index is 0.507. The summed E-state index contributed by atoms with van der Waals surface area (Å²) in [5.41, 5.74) is 6.28. The van der Waals surface area contributed by atoms with Gasteiger partial charge in [0.15, 0.2) is 0 Å². The van der Waals surface area contributed by atoms with Crippen molar-refractivity contribution in [3.8, 4) is 11.6 Å². The Hall–Kier alpha value is -1.63. The molecule has 0 aliphatic carbocycles. The maximum absolute atomic E-state index is 5.57. The number of pyridine rings is 2. The highest BCUT2D eigenvalue weighted by Gasteiger charge is 2.02. The van der Waals surface area contributed by atoms with Crippen molar-refractivity contribution >= 4 is 49.1 Å². The number of rotatable bonds is 2. The summed E-state index contributed by atoms with van der Waals surface area (Å²) in [7, 11) is 0. The van der Waals surface area contributed by atoms with Crippen molar-refractivity contribution in [1.29, 1.82) is 0 Å². The van der Waals surface area contributed by atoms with Gasteiger partial charge in [-0.3, -0.25) is 0 Å². The van der Waals surface area contributed by atoms with Gasteiger partial charge in [-0.1, -0.05) is 11.6 Å². The largest absolute Gasteiger partial charge is 0.438 e. The number of benzene rings is 1. The van der Waals surface area contributed by atoms with Crippen LogP contribution in [0.4, 0.5) is 5.69 Å². The lowest BCUT2D eigenvalue weighted by Crippen LogP contribution is -1.89. The second-order valence-corrected chi connectivity index (χ2v) is 6.30. The van der Waals surface area contributed by atoms with Gasteiger partial charge in [-0.2, -0.15) is 0 Å². The van der Waals surface area contributed by atoms with Crippen LogP contribution >= 0.6 is 43.5 Å². The molecule has 1 aromatic carbocycles. The van der Waals surface area contributed by atoms with Gasteiger partial charge in [0, 0.05) is 18.1 Å². The quantitative estimate of drug-likeness (QED) is 0.395. The summed E-state index contributed by atoms with van der Waals surface area (Å²) in [5, 5.41) is 0.507. The maximum Gasteiger partial charge on any atom is 0.233 e. The second kappa shape index (κ2) is 8.86. The molecule has 4 nitrogen and oxygen atoms in total. The standard InChI is InChI=1S/C11H9BrN2O.C5H3BrClN/c12-10-2-1-7-14-11(10)15-9-5-3-8(13)4-6-9;6-4-2-1-3-8-5(4)7/h1-7H,13H2;1-3H. The zero-order valence-corrected chi connectivity index (χ0v) is 15.7. The number of anilines is 1. The highest BCUT2D eigenvalue weighted by Crippen LogP contribution is 2.27. The third-order valence-corrected chi connectivity index (χ3v) is 4.31. The summed E-state index contributed by atoms with van der Waals surface area (Å²) in [6.45, 7) is 0. The van der Waals surface area contributed by atoms with Crippen LogP contribution in [0.15, 0.2) is 69.9 Å². The lowest BCUT2D eigenvalue weighted by atomic mass is 10.3. The molecule has 0 fully saturated rings. The van der Waals surface area contributed by atoms with Crippen LogP contribution in [-0.4, -0.2) is 9.97 Å². The highest BCUT2D eigenvalue weighted by atomic mass is 79.9. The molecule has 2 N–H and O–H groups in total. The summed E-state index contributed by atoms with van der Waals surface area (Å²) in [6, 6.07) is 14.5. The number of halogens is 3. The number of aromatic nitrogens is 2. The number of hydrogen-bond acceptors (Lipinski definition) is 4. The molecule has 0 amide bonds. The number of nitrogens with zero attached hydrogens (tertiary/aromatic N) is 2. The number of ether oxygens (including phenoxy) is 1. The van der Waals surface area contributed by atoms with Gasteiger partial charge in [0.05, 0.1) is 8.95 Å². The van der Waals surface area contributed by atoms with Crippen molar-refractivity contribution in [2.24, 2.45) is 0 Å². The van der Waals surface area contributed by atoms with Gasteiger partial charge in [0.25, 0.3) is 0 Å². The van der Waals surface area contributed by atoms with Crippen LogP contribution in [0.5, 0.6) is 11.6 Å². The molecule has 0 aliphatic heterocycles. The third-order valence-electron chi connectivity index (χ3n) is 2.53. The van der Waals surface area contributed by atoms with Crippen LogP contribution in [-0.2, 0) is 0 Å². The van der Waals surface area contributed by atoms with Gasteiger partial charge in [-0.05, 0) is 80.4 Å². The molecule has 3 aromatic rings. The van der Waals surface area contributed by atoms with Gasteiger partial charge < -0.3 is 10.5 Å². The molecule has 0 aliphatic rings. The predicted octanol–water partition coefficient (Wildman–Crippen LogP) is 5.72. The number of nitrogen functional groups attached to an aromatic ring is 1. The van der Waals surface area contributed by atoms with E-state index in [1.165, 1.54) is 0 Å². The second-order valence-electron chi connectivity index (χ2n) is 4.24. The Kier molecular flexibility index (Phi) is 6.83. The highest BCUT2D eigenvalue weighted by molar-refractivity contribution is 9.10. The van der Waals surface area contributed by atoms with Crippen molar-refractivity contribution in [1.82, 2.24) is 9.97 Å². The van der Waals surface area contributed by atoms with E-state index in [0.29, 0.717) is 22.5 Å². The third kappa shape index (κ3) is 5.82. The molecule has 118 valence electrons. The minimum Gasteiger partial charge on any atom is -0.438 e. The van der Waals surface area contributed by atoms with E-state index < -0.39 is 0 Å². The summed E-state index contributed by atoms with van der Waals surface area (Å²) in [5.74, 6) is 1.26. The number of nitrogens with two attached hydrogens (primary N) is 1. The average molecular weight is 458 g/mol. The van der Waals surface area contributed by atoms with Crippen molar-refractivity contribution in [2.75, 3.05) is 5.73 Å². The van der Waals surface area contributed by atoms with Crippen LogP contribution in [0, 0.1) is 0 Å². The Bertz CT molecular complexity index is 748. The Morgan fingerprint density at radius 2 is 1.48 bits per heavy atom. The Morgan fingerprint density at radius 1 is 0.870 bits per heavy atom. The molecule has 0 radical (unpaired) electrons. The average Bonchev–Trinajstić information content (AvgIpc) is 2.55. The van der Waals surface area contributed by atoms with E-state index >= 15 is 0 Å². The molecule has 0 bridgehead atoms. The van der Waals surface area contributed by atoms with E-state index in [0.717, 1.165) is 8.95 Å². The molecule has 0 saturated carbocycles. The van der Waals surface area contributed by atoms with E-state index in [4.69, 9.17) is 22.1 Å². The van der Waals surface area contributed by atoms with Crippen molar-refractivity contribution in [3.63, 3.8) is 0 Å². The lowest BCUT2D eigenvalue weighted by molar-refractivity contribution is 0.460. The van der Waals surface area contributed by atoms with Crippen LogP contribution in [0.1, 0.15) is 0 Å². The van der Waals surface area contributed by atoms with Crippen molar-refractivity contribution in [2.45, 2.75) is 0 Å². The van der Waals surface area contributed by atoms with E-state index in [-0.39, 0.29) is 0 Å². The fourth-order valence-electron chi connectivity index (χ4n) is 1.46. The van der Waals surface area contributed by atoms with Gasteiger partial charge in [-0.25, -0.2) is 9.97 Å². The fourth-order valence-corrected chi connectivity index (χ4v) is 2.17. The van der Waals surface area contributed by atoms with Gasteiger partial charge >= 0.3 is 0 Å². The molecule has 0 saturated heterocycles. The first-order chi connectivity index (χ1) is 11.1. The molecule has 0 atom stereocenters. The van der Waals surface area contributed by atoms with Crippen LogP contribution in [0.2, 0.25) is 5.15 Å². The topological polar surface area (TPSA) is 61.0 Å². The SMILES string of the molecule is Clc1ncccc1Br.Nc1ccc(Oc2ncccc2Br)cc1. The van der Waals surface area contributed by atoms with E-state index in [1.807, 2.05) is 24.3 Å². The molecule has 7 heteroatoms. The summed E-state index contributed by atoms with van der Waals surface area (Å²) < 4.78 is 7.21. The van der Waals surface area contributed by atoms with E-state index in [9.17, 15) is 0 Å². The Morgan fingerprint density at radius 3 is 2.00 bits per heavy atom. The fraction of sp³-hybridized carbons (Fsp3) is 0. The first kappa shape index (κ1) is 17.7. The zero-order valence-electron chi connectivity index (χ0n) is 11.8. The molecular formula is C16H12Br2ClN3O. The maximum atomic E-state index is 5.57. The van der Waals surface area contributed by atoms with Gasteiger partial charge in [-0.15, -0.1) is 0 Å². The van der Waals surface area contributed by atoms with E-state index in [1.54, 1.807) is 36.7 Å². The smallest absolute Gasteiger partial charge is 0.233 e. The van der Waals surface area contributed by atoms with E-state index in [2.05, 4.69) is 41.8 Å². The molecule has 0 spiro atoms. The summed E-state index contributed by atoms with van der Waals surface area (Å²) in [6.07, 6.45) is 3.32. The summed E-state index contributed by atoms with van der Waals surface area (Å²) >= 11 is 12.1. The summed E-state index contributed by atoms with van der Waals surface area (Å²) in [4.78, 5) is 7.89. The van der Waals surface area contributed by atoms with Gasteiger partial charge in [0.1, 0.15) is 10.9 Å². The van der Waals surface area contributed by atoms with Crippen LogP contribution < -0.4 is 10.5 Å². The lowest BCUT2D eigenvalue weighted by Gasteiger charge is -2.05. The number of hydrogen-bond donors (Lipinski definition) is 1. The molecular weight excluding hydrogens is 445 g/mol. The predicted molar refractivity (Wildman–Crippen MR) is 99.8 cm³/mol. The van der Waals surface area contributed by atoms with Crippen molar-refractivity contribution in [3.05, 3.63) is 75.0 Å². The van der Waals surface area contributed by atoms with Gasteiger partial charge in [0.2, 0.25) is 5.88 Å². The minimum atomic E-state index is 0.507. The Balaban J connectivity index is 0.000000203. The van der Waals surface area contributed by atoms with Crippen molar-refractivity contribution < 1.29 is 4.74 Å². The molecule has 2 heterocycles. The molecule has 23 heavy (non-hydrogen) atoms. The molecule has 2 aromatic heterocycles. The monoisotopic (exact) mass is 455 g/mol. The van der Waals surface area contributed by atoms with Crippen LogP contribution in [0.3, 0.4) is 0 Å². The first-order valence-corrected chi connectivity index (χ1v) is 8.42. The van der Waals surface area contributed by atoms with Crippen LogP contribution in [0.25, 0.3) is 0 Å². The zero-order chi connectivity index (χ0) is 16.7. The first-order valence-electron chi connectivity index (χ1n) is 6.46.